The number of benzene rings is 9. The van der Waals surface area contributed by atoms with Crippen molar-refractivity contribution in [1.82, 2.24) is 23.3 Å². The van der Waals surface area contributed by atoms with Crippen molar-refractivity contribution in [2.45, 2.75) is 0 Å². The zero-order valence-corrected chi connectivity index (χ0v) is 39.0. The van der Waals surface area contributed by atoms with Crippen LogP contribution in [0.5, 0.6) is 11.5 Å². The van der Waals surface area contributed by atoms with E-state index >= 15 is 0 Å². The molecule has 0 spiro atoms. The molecule has 0 aliphatic rings. The molecule has 5 heterocycles. The van der Waals surface area contributed by atoms with Crippen molar-refractivity contribution in [3.63, 3.8) is 0 Å². The first-order chi connectivity index (χ1) is 33.7. The Morgan fingerprint density at radius 3 is 1.87 bits per heavy atom. The van der Waals surface area contributed by atoms with Crippen LogP contribution >= 0.6 is 0 Å². The first-order valence-electron chi connectivity index (χ1n) is 22.7. The summed E-state index contributed by atoms with van der Waals surface area (Å²) in [5.41, 5.74) is 13.8. The van der Waals surface area contributed by atoms with Gasteiger partial charge < -0.3 is 18.7 Å². The zero-order chi connectivity index (χ0) is 44.7. The quantitative estimate of drug-likeness (QED) is 0.123. The van der Waals surface area contributed by atoms with Gasteiger partial charge >= 0.3 is 0 Å². The van der Waals surface area contributed by atoms with Crippen molar-refractivity contribution in [2.24, 2.45) is 0 Å². The average Bonchev–Trinajstić information content (AvgIpc) is 4.09. The van der Waals surface area contributed by atoms with Gasteiger partial charge in [-0.05, 0) is 84.9 Å². The second-order valence-corrected chi connectivity index (χ2v) is 17.0. The van der Waals surface area contributed by atoms with Gasteiger partial charge in [0.1, 0.15) is 0 Å². The summed E-state index contributed by atoms with van der Waals surface area (Å²) in [6.07, 6.45) is 5.64. The van der Waals surface area contributed by atoms with E-state index in [1.54, 1.807) is 0 Å². The number of hydrogen-bond donors (Lipinski definition) is 0. The van der Waals surface area contributed by atoms with Crippen LogP contribution < -0.4 is 9.30 Å². The summed E-state index contributed by atoms with van der Waals surface area (Å²) in [7, 11) is 0. The number of rotatable bonds is 6. The molecule has 69 heavy (non-hydrogen) atoms. The van der Waals surface area contributed by atoms with Gasteiger partial charge in [0.05, 0.1) is 27.8 Å². The Morgan fingerprint density at radius 1 is 0.478 bits per heavy atom. The molecule has 14 aromatic rings. The second-order valence-electron chi connectivity index (χ2n) is 17.0. The molecule has 8 heteroatoms. The zero-order valence-electron chi connectivity index (χ0n) is 36.7. The van der Waals surface area contributed by atoms with Gasteiger partial charge in [0.25, 0.3) is 6.33 Å². The first-order valence-corrected chi connectivity index (χ1v) is 22.7. The smallest absolute Gasteiger partial charge is 0.268 e. The van der Waals surface area contributed by atoms with Gasteiger partial charge in [-0.2, -0.15) is 12.1 Å². The molecule has 0 saturated carbocycles. The summed E-state index contributed by atoms with van der Waals surface area (Å²) in [5, 5.41) is 5.11. The van der Waals surface area contributed by atoms with E-state index in [-0.39, 0.29) is 21.1 Å². The average molecular weight is 1060 g/mol. The number of ether oxygens (including phenoxy) is 1. The molecule has 0 radical (unpaired) electrons. The van der Waals surface area contributed by atoms with Crippen LogP contribution in [-0.4, -0.2) is 23.3 Å². The molecule has 328 valence electrons. The molecular weight excluding hydrogens is 1030 g/mol. The topological polar surface area (TPSA) is 52.6 Å². The normalized spacial score (nSPS) is 11.7. The monoisotopic (exact) mass is 1060 g/mol. The molecule has 7 nitrogen and oxygen atoms in total. The van der Waals surface area contributed by atoms with Gasteiger partial charge in [-0.25, -0.2) is 4.98 Å². The third-order valence-electron chi connectivity index (χ3n) is 13.1. The third kappa shape index (κ3) is 6.42. The van der Waals surface area contributed by atoms with E-state index < -0.39 is 0 Å². The summed E-state index contributed by atoms with van der Waals surface area (Å²) in [5.74, 6) is 1.85. The van der Waals surface area contributed by atoms with Crippen molar-refractivity contribution < 1.29 is 30.4 Å². The summed E-state index contributed by atoms with van der Waals surface area (Å²) in [6, 6.07) is 81.1. The maximum atomic E-state index is 6.96. The van der Waals surface area contributed by atoms with Gasteiger partial charge in [-0.15, -0.1) is 12.1 Å². The summed E-state index contributed by atoms with van der Waals surface area (Å²) in [4.78, 5) is 10.4. The fraction of sp³-hybridized carbons (Fsp3) is 0. The van der Waals surface area contributed by atoms with Crippen LogP contribution in [0, 0.1) is 18.5 Å². The van der Waals surface area contributed by atoms with Crippen LogP contribution in [0.25, 0.3) is 110 Å². The van der Waals surface area contributed by atoms with Crippen molar-refractivity contribution >= 4 is 76.8 Å². The predicted molar refractivity (Wildman–Crippen MR) is 273 cm³/mol. The Kier molecular flexibility index (Phi) is 9.60. The molecule has 9 aromatic carbocycles. The molecule has 0 aliphatic heterocycles. The van der Waals surface area contributed by atoms with E-state index in [1.807, 2.05) is 36.5 Å². The summed E-state index contributed by atoms with van der Waals surface area (Å²) >= 11 is 0. The Labute approximate surface area is 410 Å². The van der Waals surface area contributed by atoms with Crippen molar-refractivity contribution in [2.75, 3.05) is 0 Å². The number of para-hydroxylation sites is 6. The van der Waals surface area contributed by atoms with Crippen LogP contribution in [-0.2, 0) is 21.1 Å². The molecule has 0 atom stereocenters. The SMILES string of the molecule is [Pt].[c-]1c(Oc2[c-]c3c4ncccc4c4ccccc4c4ccccc4n4c3c(c2)n2c3ccccc3nc24)cccc1-n1[c-][n+](-c2c(-c3ccccc3)cccc2-c2ccccc2)c2ccccc21. The van der Waals surface area contributed by atoms with E-state index in [4.69, 9.17) is 14.7 Å². The number of nitrogens with zero attached hydrogens (tertiary/aromatic N) is 6. The van der Waals surface area contributed by atoms with Crippen LogP contribution in [0.15, 0.2) is 219 Å². The van der Waals surface area contributed by atoms with Gasteiger partial charge in [-0.3, -0.25) is 8.97 Å². The predicted octanol–water partition coefficient (Wildman–Crippen LogP) is 14.1. The molecule has 0 fully saturated rings. The van der Waals surface area contributed by atoms with Crippen LogP contribution in [0.2, 0.25) is 0 Å². The number of imidazole rings is 3. The minimum absolute atomic E-state index is 0. The van der Waals surface area contributed by atoms with E-state index in [0.29, 0.717) is 11.5 Å². The number of fused-ring (bicyclic) bond motifs is 13. The molecule has 0 aliphatic carbocycles. The Bertz CT molecular complexity index is 4310. The Hall–Kier alpha value is -8.64. The van der Waals surface area contributed by atoms with E-state index in [0.717, 1.165) is 110 Å². The summed E-state index contributed by atoms with van der Waals surface area (Å²) < 4.78 is 15.7. The standard InChI is InChI=1S/C61H36N6O.Pt/c1-3-18-40(19-4-1)45-27-16-28-46(41-20-5-2-6-21-41)59(45)65-39-64(55-33-13-14-34-56(55)65)42-22-15-23-43(36-42)68-44-37-51-58-50(29-17-35-62-58)48-25-8-7-24-47(48)49-26-9-11-31-53(49)67-60(51)57(38-44)66-54-32-12-10-30-52(54)63-61(66)67;/h1-35,38H;/q-2;. The maximum absolute atomic E-state index is 6.96. The number of aromatic nitrogens is 6. The van der Waals surface area contributed by atoms with E-state index in [9.17, 15) is 0 Å². The van der Waals surface area contributed by atoms with E-state index in [2.05, 4.69) is 218 Å². The van der Waals surface area contributed by atoms with Crippen LogP contribution in [0.4, 0.5) is 0 Å². The fourth-order valence-electron chi connectivity index (χ4n) is 10.2. The van der Waals surface area contributed by atoms with Gasteiger partial charge in [0, 0.05) is 49.7 Å². The van der Waals surface area contributed by atoms with Crippen molar-refractivity contribution in [3.05, 3.63) is 237 Å². The van der Waals surface area contributed by atoms with E-state index in [1.165, 1.54) is 0 Å². The van der Waals surface area contributed by atoms with Gasteiger partial charge in [-0.1, -0.05) is 181 Å². The fourth-order valence-corrected chi connectivity index (χ4v) is 10.2. The summed E-state index contributed by atoms with van der Waals surface area (Å²) in [6.45, 7) is 0. The third-order valence-corrected chi connectivity index (χ3v) is 13.1. The maximum Gasteiger partial charge on any atom is 0.268 e. The Morgan fingerprint density at radius 2 is 1.10 bits per heavy atom. The van der Waals surface area contributed by atoms with Crippen molar-refractivity contribution in [3.8, 4) is 45.1 Å². The number of pyridine rings is 1. The van der Waals surface area contributed by atoms with Crippen LogP contribution in [0.1, 0.15) is 0 Å². The largest absolute Gasteiger partial charge is 0.503 e. The van der Waals surface area contributed by atoms with Crippen LogP contribution in [0.3, 0.4) is 0 Å². The molecule has 0 unspecified atom stereocenters. The molecule has 0 amide bonds. The molecule has 0 N–H and O–H groups in total. The molecule has 0 saturated heterocycles. The molecule has 0 bridgehead atoms. The van der Waals surface area contributed by atoms with Gasteiger partial charge in [0.15, 0.2) is 0 Å². The number of hydrogen-bond acceptors (Lipinski definition) is 3. The van der Waals surface area contributed by atoms with Gasteiger partial charge in [0.2, 0.25) is 5.78 Å². The van der Waals surface area contributed by atoms with Crippen molar-refractivity contribution in [1.29, 1.82) is 0 Å². The molecule has 14 rings (SSSR count). The second kappa shape index (κ2) is 16.3. The minimum Gasteiger partial charge on any atom is -0.503 e. The Balaban J connectivity index is 0.00000469. The molecule has 5 aromatic heterocycles. The molecular formula is C61H36N6OPt-2. The minimum atomic E-state index is 0. The first kappa shape index (κ1) is 40.6.